The van der Waals surface area contributed by atoms with Crippen LogP contribution in [-0.4, -0.2) is 46.6 Å². The minimum Gasteiger partial charge on any atom is -0.481 e. The third kappa shape index (κ3) is 4.74. The Kier molecular flexibility index (Phi) is 6.21. The molecule has 0 bridgehead atoms. The van der Waals surface area contributed by atoms with E-state index in [0.717, 1.165) is 18.2 Å². The van der Waals surface area contributed by atoms with Crippen molar-refractivity contribution in [1.29, 1.82) is 0 Å². The molecule has 0 amide bonds. The Balaban J connectivity index is 2.17. The number of thioether (sulfide) groups is 1. The molecule has 0 aromatic heterocycles. The number of hydrogen-bond acceptors (Lipinski definition) is 3. The van der Waals surface area contributed by atoms with Crippen LogP contribution in [0.4, 0.5) is 0 Å². The average Bonchev–Trinajstić information content (AvgIpc) is 2.66. The normalized spacial score (nSPS) is 25.2. The molecule has 1 aliphatic rings. The van der Waals surface area contributed by atoms with Gasteiger partial charge in [0.1, 0.15) is 0 Å². The Bertz CT molecular complexity index is 223. The van der Waals surface area contributed by atoms with Crippen LogP contribution in [0, 0.1) is 0 Å². The lowest BCUT2D eigenvalue weighted by Crippen LogP contribution is -2.30. The molecule has 0 unspecified atom stereocenters. The molecule has 1 saturated carbocycles. The first kappa shape index (κ1) is 13.8. The summed E-state index contributed by atoms with van der Waals surface area (Å²) in [5, 5.41) is 9.41. The van der Waals surface area contributed by atoms with Crippen molar-refractivity contribution in [3.8, 4) is 0 Å². The molecule has 0 aromatic rings. The highest BCUT2D eigenvalue weighted by Crippen LogP contribution is 2.32. The zero-order valence-corrected chi connectivity index (χ0v) is 11.1. The Labute approximate surface area is 103 Å². The summed E-state index contributed by atoms with van der Waals surface area (Å²) in [5.41, 5.74) is 0. The van der Waals surface area contributed by atoms with Gasteiger partial charge in [0.15, 0.2) is 0 Å². The summed E-state index contributed by atoms with van der Waals surface area (Å²) in [5.74, 6) is 0.527. The number of rotatable bonds is 7. The molecule has 0 saturated heterocycles. The van der Waals surface area contributed by atoms with Gasteiger partial charge in [-0.3, -0.25) is 4.79 Å². The second-order valence-corrected chi connectivity index (χ2v) is 6.10. The monoisotopic (exact) mass is 245 g/mol. The second-order valence-electron chi connectivity index (χ2n) is 4.52. The fraction of sp³-hybridized carbons (Fsp3) is 0.917. The van der Waals surface area contributed by atoms with Gasteiger partial charge in [-0.15, -0.1) is 0 Å². The van der Waals surface area contributed by atoms with Gasteiger partial charge in [0.05, 0.1) is 0 Å². The fourth-order valence-corrected chi connectivity index (χ4v) is 3.50. The van der Waals surface area contributed by atoms with Crippen LogP contribution in [0.2, 0.25) is 0 Å². The molecule has 0 aliphatic heterocycles. The number of aliphatic carboxylic acids is 1. The summed E-state index contributed by atoms with van der Waals surface area (Å²) >= 11 is 2.07. The van der Waals surface area contributed by atoms with E-state index in [1.165, 1.54) is 25.0 Å². The lowest BCUT2D eigenvalue weighted by Gasteiger charge is -2.24. The van der Waals surface area contributed by atoms with E-state index in [9.17, 15) is 4.79 Å². The minimum atomic E-state index is -0.681. The number of carbonyl (C=O) groups is 1. The SMILES string of the molecule is CCS[C@H]1CC[C@H](N(C)CCCC(=O)O)C1. The van der Waals surface area contributed by atoms with E-state index in [1.807, 2.05) is 0 Å². The highest BCUT2D eigenvalue weighted by atomic mass is 32.2. The Morgan fingerprint density at radius 2 is 2.25 bits per heavy atom. The molecule has 1 aliphatic carbocycles. The summed E-state index contributed by atoms with van der Waals surface area (Å²) in [6.45, 7) is 3.13. The van der Waals surface area contributed by atoms with E-state index in [4.69, 9.17) is 5.11 Å². The van der Waals surface area contributed by atoms with Crippen molar-refractivity contribution >= 4 is 17.7 Å². The molecule has 3 nitrogen and oxygen atoms in total. The molecule has 1 rings (SSSR count). The molecule has 0 spiro atoms. The van der Waals surface area contributed by atoms with Gasteiger partial charge in [0.2, 0.25) is 0 Å². The van der Waals surface area contributed by atoms with Crippen molar-refractivity contribution in [3.05, 3.63) is 0 Å². The molecule has 2 atom stereocenters. The molecule has 0 aromatic carbocycles. The Morgan fingerprint density at radius 3 is 2.88 bits per heavy atom. The summed E-state index contributed by atoms with van der Waals surface area (Å²) < 4.78 is 0. The molecule has 16 heavy (non-hydrogen) atoms. The van der Waals surface area contributed by atoms with E-state index in [2.05, 4.69) is 30.6 Å². The zero-order chi connectivity index (χ0) is 12.0. The molecule has 0 heterocycles. The molecule has 0 radical (unpaired) electrons. The third-order valence-electron chi connectivity index (χ3n) is 3.28. The van der Waals surface area contributed by atoms with E-state index in [1.54, 1.807) is 0 Å². The van der Waals surface area contributed by atoms with Crippen LogP contribution in [0.15, 0.2) is 0 Å². The third-order valence-corrected chi connectivity index (χ3v) is 4.52. The second kappa shape index (κ2) is 7.17. The van der Waals surface area contributed by atoms with Gasteiger partial charge in [-0.05, 0) is 45.0 Å². The molecule has 1 fully saturated rings. The zero-order valence-electron chi connectivity index (χ0n) is 10.3. The minimum absolute atomic E-state index is 0.296. The van der Waals surface area contributed by atoms with E-state index in [0.29, 0.717) is 12.5 Å². The Morgan fingerprint density at radius 1 is 1.50 bits per heavy atom. The molecule has 94 valence electrons. The van der Waals surface area contributed by atoms with Gasteiger partial charge in [-0.1, -0.05) is 6.92 Å². The van der Waals surface area contributed by atoms with Gasteiger partial charge >= 0.3 is 5.97 Å². The van der Waals surface area contributed by atoms with Crippen LogP contribution in [0.5, 0.6) is 0 Å². The maximum Gasteiger partial charge on any atom is 0.303 e. The van der Waals surface area contributed by atoms with Gasteiger partial charge in [-0.25, -0.2) is 0 Å². The van der Waals surface area contributed by atoms with Crippen molar-refractivity contribution in [2.24, 2.45) is 0 Å². The molecular weight excluding hydrogens is 222 g/mol. The number of nitrogens with zero attached hydrogens (tertiary/aromatic N) is 1. The van der Waals surface area contributed by atoms with Crippen molar-refractivity contribution in [2.45, 2.75) is 50.3 Å². The van der Waals surface area contributed by atoms with Crippen LogP contribution in [0.3, 0.4) is 0 Å². The summed E-state index contributed by atoms with van der Waals surface area (Å²) in [6, 6.07) is 0.679. The Hall–Kier alpha value is -0.220. The first-order valence-electron chi connectivity index (χ1n) is 6.17. The quantitative estimate of drug-likeness (QED) is 0.748. The van der Waals surface area contributed by atoms with Crippen LogP contribution in [-0.2, 0) is 4.79 Å². The molecular formula is C12H23NO2S. The van der Waals surface area contributed by atoms with Crippen molar-refractivity contribution in [2.75, 3.05) is 19.3 Å². The standard InChI is InChI=1S/C12H23NO2S/c1-3-16-11-7-6-10(9-11)13(2)8-4-5-12(14)15/h10-11H,3-9H2,1-2H3,(H,14,15)/t10-,11-/m0/s1. The van der Waals surface area contributed by atoms with Crippen LogP contribution >= 0.6 is 11.8 Å². The number of carboxylic acid groups (broad SMARTS) is 1. The summed E-state index contributed by atoms with van der Waals surface area (Å²) in [7, 11) is 2.13. The smallest absolute Gasteiger partial charge is 0.303 e. The van der Waals surface area contributed by atoms with Crippen molar-refractivity contribution < 1.29 is 9.90 Å². The first-order chi connectivity index (χ1) is 7.63. The van der Waals surface area contributed by atoms with E-state index < -0.39 is 5.97 Å². The fourth-order valence-electron chi connectivity index (χ4n) is 2.37. The predicted molar refractivity (Wildman–Crippen MR) is 69.1 cm³/mol. The molecule has 4 heteroatoms. The topological polar surface area (TPSA) is 40.5 Å². The maximum atomic E-state index is 10.4. The van der Waals surface area contributed by atoms with E-state index >= 15 is 0 Å². The van der Waals surface area contributed by atoms with Gasteiger partial charge in [0.25, 0.3) is 0 Å². The largest absolute Gasteiger partial charge is 0.481 e. The van der Waals surface area contributed by atoms with Gasteiger partial charge in [-0.2, -0.15) is 11.8 Å². The lowest BCUT2D eigenvalue weighted by atomic mass is 10.2. The number of hydrogen-bond donors (Lipinski definition) is 1. The van der Waals surface area contributed by atoms with Crippen molar-refractivity contribution in [1.82, 2.24) is 4.90 Å². The van der Waals surface area contributed by atoms with Gasteiger partial charge < -0.3 is 10.0 Å². The van der Waals surface area contributed by atoms with Crippen LogP contribution in [0.1, 0.15) is 39.0 Å². The molecule has 1 N–H and O–H groups in total. The summed E-state index contributed by atoms with van der Waals surface area (Å²) in [6.07, 6.45) is 4.95. The van der Waals surface area contributed by atoms with Crippen molar-refractivity contribution in [3.63, 3.8) is 0 Å². The number of carboxylic acids is 1. The average molecular weight is 245 g/mol. The predicted octanol–water partition coefficient (Wildman–Crippen LogP) is 2.46. The highest BCUT2D eigenvalue weighted by molar-refractivity contribution is 7.99. The van der Waals surface area contributed by atoms with Crippen LogP contribution in [0.25, 0.3) is 0 Å². The van der Waals surface area contributed by atoms with E-state index in [-0.39, 0.29) is 0 Å². The maximum absolute atomic E-state index is 10.4. The first-order valence-corrected chi connectivity index (χ1v) is 7.22. The summed E-state index contributed by atoms with van der Waals surface area (Å²) in [4.78, 5) is 12.8. The van der Waals surface area contributed by atoms with Crippen LogP contribution < -0.4 is 0 Å². The highest BCUT2D eigenvalue weighted by Gasteiger charge is 2.26. The lowest BCUT2D eigenvalue weighted by molar-refractivity contribution is -0.137. The van der Waals surface area contributed by atoms with Gasteiger partial charge in [0, 0.05) is 17.7 Å².